The first-order valence-electron chi connectivity index (χ1n) is 5.43. The third-order valence-electron chi connectivity index (χ3n) is 1.95. The predicted molar refractivity (Wildman–Crippen MR) is 65.5 cm³/mol. The molecule has 0 bridgehead atoms. The van der Waals surface area contributed by atoms with E-state index in [2.05, 4.69) is 21.7 Å². The third-order valence-corrected chi connectivity index (χ3v) is 1.95. The van der Waals surface area contributed by atoms with Gasteiger partial charge in [0, 0.05) is 32.2 Å². The fourth-order valence-corrected chi connectivity index (χ4v) is 0.846. The van der Waals surface area contributed by atoms with Crippen molar-refractivity contribution in [1.29, 1.82) is 0 Å². The number of hydrazine groups is 4. The minimum absolute atomic E-state index is 0.221. The molecule has 0 aliphatic rings. The summed E-state index contributed by atoms with van der Waals surface area (Å²) in [5, 5.41) is 13.3. The Kier molecular flexibility index (Phi) is 7.00. The van der Waals surface area contributed by atoms with Gasteiger partial charge < -0.3 is 5.21 Å². The van der Waals surface area contributed by atoms with Crippen LogP contribution in [-0.2, 0) is 0 Å². The highest BCUT2D eigenvalue weighted by Gasteiger charge is 2.17. The van der Waals surface area contributed by atoms with Gasteiger partial charge >= 0.3 is 0 Å². The molecule has 0 spiro atoms. The lowest BCUT2D eigenvalue weighted by Crippen LogP contribution is -2.59. The first kappa shape index (κ1) is 15.7. The maximum atomic E-state index is 11.4. The van der Waals surface area contributed by atoms with Crippen LogP contribution in [0, 0.1) is 5.21 Å². The van der Waals surface area contributed by atoms with E-state index in [0.717, 1.165) is 0 Å². The molecule has 0 amide bonds. The standard InChI is InChI=1S/C9H25N6O/c1-8(2)12-13-9(3,4)7-11-15(16)14(6)10-5/h8,10-13H,7H2,1-6H3/q-1. The molecule has 0 aromatic rings. The summed E-state index contributed by atoms with van der Waals surface area (Å²) in [6, 6.07) is 0.350. The van der Waals surface area contributed by atoms with E-state index in [1.54, 1.807) is 14.1 Å². The molecule has 0 atom stereocenters. The van der Waals surface area contributed by atoms with Crippen LogP contribution >= 0.6 is 0 Å². The SMILES string of the molecule is CNN(C)N([O-])NCC(C)(C)NNC(C)C. The molecule has 0 heterocycles. The van der Waals surface area contributed by atoms with Crippen molar-refractivity contribution in [2.45, 2.75) is 39.3 Å². The van der Waals surface area contributed by atoms with Gasteiger partial charge in [-0.2, -0.15) is 5.12 Å². The zero-order chi connectivity index (χ0) is 12.8. The quantitative estimate of drug-likeness (QED) is 0.423. The van der Waals surface area contributed by atoms with Gasteiger partial charge in [-0.15, -0.1) is 0 Å². The first-order chi connectivity index (χ1) is 7.28. The van der Waals surface area contributed by atoms with Gasteiger partial charge in [-0.25, -0.2) is 16.1 Å². The van der Waals surface area contributed by atoms with Crippen molar-refractivity contribution in [2.75, 3.05) is 20.6 Å². The van der Waals surface area contributed by atoms with Crippen LogP contribution in [0.1, 0.15) is 27.7 Å². The molecule has 4 N–H and O–H groups in total. The van der Waals surface area contributed by atoms with Gasteiger partial charge in [0.2, 0.25) is 0 Å². The Morgan fingerprint density at radius 3 is 2.31 bits per heavy atom. The van der Waals surface area contributed by atoms with Crippen molar-refractivity contribution >= 4 is 0 Å². The molecule has 0 aliphatic heterocycles. The second-order valence-electron chi connectivity index (χ2n) is 4.66. The van der Waals surface area contributed by atoms with Crippen molar-refractivity contribution in [3.8, 4) is 0 Å². The molecule has 0 radical (unpaired) electrons. The van der Waals surface area contributed by atoms with Crippen molar-refractivity contribution in [1.82, 2.24) is 32.1 Å². The van der Waals surface area contributed by atoms with Crippen molar-refractivity contribution in [3.63, 3.8) is 0 Å². The highest BCUT2D eigenvalue weighted by atomic mass is 16.6. The summed E-state index contributed by atoms with van der Waals surface area (Å²) in [7, 11) is 3.31. The smallest absolute Gasteiger partial charge is 0.0406 e. The molecule has 7 heteroatoms. The molecular weight excluding hydrogens is 208 g/mol. The van der Waals surface area contributed by atoms with E-state index in [-0.39, 0.29) is 5.54 Å². The van der Waals surface area contributed by atoms with Crippen LogP contribution in [0.4, 0.5) is 0 Å². The van der Waals surface area contributed by atoms with Crippen LogP contribution in [0.25, 0.3) is 0 Å². The van der Waals surface area contributed by atoms with Gasteiger partial charge in [0.05, 0.1) is 0 Å². The molecule has 0 saturated carbocycles. The van der Waals surface area contributed by atoms with E-state index < -0.39 is 0 Å². The van der Waals surface area contributed by atoms with Gasteiger partial charge in [-0.1, -0.05) is 0 Å². The van der Waals surface area contributed by atoms with Gasteiger partial charge in [-0.05, 0) is 27.7 Å². The number of hydrogen-bond donors (Lipinski definition) is 4. The maximum Gasteiger partial charge on any atom is 0.0406 e. The molecule has 0 fully saturated rings. The summed E-state index contributed by atoms with van der Waals surface area (Å²) in [5.41, 5.74) is 11.5. The van der Waals surface area contributed by atoms with Gasteiger partial charge in [-0.3, -0.25) is 10.9 Å². The Bertz CT molecular complexity index is 187. The summed E-state index contributed by atoms with van der Waals surface area (Å²) in [4.78, 5) is 0. The summed E-state index contributed by atoms with van der Waals surface area (Å²) in [5.74, 6) is 0. The summed E-state index contributed by atoms with van der Waals surface area (Å²) < 4.78 is 0. The molecule has 0 aliphatic carbocycles. The van der Waals surface area contributed by atoms with Crippen LogP contribution < -0.4 is 21.7 Å². The molecular formula is C9H25N6O-. The Labute approximate surface area is 98.0 Å². The lowest BCUT2D eigenvalue weighted by molar-refractivity contribution is -0.0427. The largest absolute Gasteiger partial charge is 0.757 e. The number of hydrogen-bond acceptors (Lipinski definition) is 7. The summed E-state index contributed by atoms with van der Waals surface area (Å²) in [6.07, 6.45) is 0. The molecule has 16 heavy (non-hydrogen) atoms. The van der Waals surface area contributed by atoms with Gasteiger partial charge in [0.25, 0.3) is 0 Å². The van der Waals surface area contributed by atoms with E-state index in [1.807, 2.05) is 27.7 Å². The Balaban J connectivity index is 3.88. The second kappa shape index (κ2) is 7.13. The minimum Gasteiger partial charge on any atom is -0.757 e. The fourth-order valence-electron chi connectivity index (χ4n) is 0.846. The minimum atomic E-state index is -0.221. The van der Waals surface area contributed by atoms with Crippen molar-refractivity contribution < 1.29 is 0 Å². The molecule has 0 aromatic heterocycles. The summed E-state index contributed by atoms with van der Waals surface area (Å²) in [6.45, 7) is 8.60. The lowest BCUT2D eigenvalue weighted by atomic mass is 10.1. The molecule has 7 nitrogen and oxygen atoms in total. The zero-order valence-corrected chi connectivity index (χ0v) is 11.1. The lowest BCUT2D eigenvalue weighted by Gasteiger charge is -2.39. The first-order valence-corrected chi connectivity index (χ1v) is 5.43. The van der Waals surface area contributed by atoms with E-state index >= 15 is 0 Å². The zero-order valence-electron chi connectivity index (χ0n) is 11.1. The molecule has 0 aromatic carbocycles. The molecule has 98 valence electrons. The average molecular weight is 233 g/mol. The Morgan fingerprint density at radius 1 is 1.31 bits per heavy atom. The topological polar surface area (TPSA) is 77.7 Å². The maximum absolute atomic E-state index is 11.4. The summed E-state index contributed by atoms with van der Waals surface area (Å²) >= 11 is 0. The van der Waals surface area contributed by atoms with Crippen LogP contribution in [0.15, 0.2) is 0 Å². The molecule has 0 rings (SSSR count). The predicted octanol–water partition coefficient (Wildman–Crippen LogP) is -0.447. The average Bonchev–Trinajstić information content (AvgIpc) is 2.22. The molecule has 0 saturated heterocycles. The highest BCUT2D eigenvalue weighted by Crippen LogP contribution is 1.99. The van der Waals surface area contributed by atoms with Gasteiger partial charge in [0.15, 0.2) is 0 Å². The number of nitrogens with one attached hydrogen (secondary N) is 4. The number of nitrogens with zero attached hydrogens (tertiary/aromatic N) is 2. The number of rotatable bonds is 8. The Morgan fingerprint density at radius 2 is 1.88 bits per heavy atom. The van der Waals surface area contributed by atoms with E-state index in [0.29, 0.717) is 17.9 Å². The van der Waals surface area contributed by atoms with Crippen LogP contribution in [0.5, 0.6) is 0 Å². The van der Waals surface area contributed by atoms with Crippen LogP contribution in [0.3, 0.4) is 0 Å². The molecule has 0 unspecified atom stereocenters. The van der Waals surface area contributed by atoms with Crippen LogP contribution in [0.2, 0.25) is 0 Å². The van der Waals surface area contributed by atoms with Crippen LogP contribution in [-0.4, -0.2) is 42.6 Å². The van der Waals surface area contributed by atoms with Crippen molar-refractivity contribution in [3.05, 3.63) is 5.21 Å². The van der Waals surface area contributed by atoms with Gasteiger partial charge in [0.1, 0.15) is 0 Å². The van der Waals surface area contributed by atoms with Crippen molar-refractivity contribution in [2.24, 2.45) is 0 Å². The Hall–Kier alpha value is -0.280. The monoisotopic (exact) mass is 233 g/mol. The fraction of sp³-hybridized carbons (Fsp3) is 1.00. The second-order valence-corrected chi connectivity index (χ2v) is 4.66. The normalized spacial score (nSPS) is 13.1. The van der Waals surface area contributed by atoms with E-state index in [1.165, 1.54) is 5.12 Å². The van der Waals surface area contributed by atoms with E-state index in [9.17, 15) is 5.21 Å². The highest BCUT2D eigenvalue weighted by molar-refractivity contribution is 4.77. The van der Waals surface area contributed by atoms with E-state index in [4.69, 9.17) is 0 Å². The third kappa shape index (κ3) is 7.07.